The lowest BCUT2D eigenvalue weighted by Gasteiger charge is -2.10. The minimum atomic E-state index is -0.905. The molecule has 2 aromatic heterocycles. The molecule has 8 heteroatoms. The maximum Gasteiger partial charge on any atom is 0.255 e. The number of pyridine rings is 1. The van der Waals surface area contributed by atoms with Crippen LogP contribution in [0.5, 0.6) is 0 Å². The highest BCUT2D eigenvalue weighted by Gasteiger charge is 2.20. The van der Waals surface area contributed by atoms with Crippen LogP contribution in [0.1, 0.15) is 18.9 Å². The van der Waals surface area contributed by atoms with Crippen LogP contribution in [0.2, 0.25) is 0 Å². The molecule has 0 saturated heterocycles. The van der Waals surface area contributed by atoms with Gasteiger partial charge in [0.05, 0.1) is 10.6 Å². The third-order valence-electron chi connectivity index (χ3n) is 4.59. The van der Waals surface area contributed by atoms with Gasteiger partial charge in [0.15, 0.2) is 0 Å². The summed E-state index contributed by atoms with van der Waals surface area (Å²) in [6.45, 7) is 3.75. The van der Waals surface area contributed by atoms with Crippen LogP contribution in [-0.2, 0) is 0 Å². The summed E-state index contributed by atoms with van der Waals surface area (Å²) >= 11 is 1.18. The van der Waals surface area contributed by atoms with Gasteiger partial charge in [-0.3, -0.25) is 9.36 Å². The molecule has 0 N–H and O–H groups in total. The fourth-order valence-electron chi connectivity index (χ4n) is 3.22. The molecule has 32 heavy (non-hydrogen) atoms. The van der Waals surface area contributed by atoms with E-state index in [-0.39, 0.29) is 5.56 Å². The van der Waals surface area contributed by atoms with E-state index in [2.05, 4.69) is 4.98 Å². The van der Waals surface area contributed by atoms with Gasteiger partial charge in [-0.25, -0.2) is 22.5 Å². The number of hydrogen-bond donors (Lipinski definition) is 0. The molecule has 0 fully saturated rings. The largest absolute Gasteiger partial charge is 0.278 e. The monoisotopic (exact) mass is 456 g/mol. The van der Waals surface area contributed by atoms with Crippen molar-refractivity contribution in [1.29, 1.82) is 0 Å². The van der Waals surface area contributed by atoms with E-state index in [1.807, 2.05) is 13.8 Å². The van der Waals surface area contributed by atoms with E-state index < -0.39 is 34.5 Å². The smallest absolute Gasteiger partial charge is 0.255 e. The Hall–Kier alpha value is -3.52. The molecule has 0 bridgehead atoms. The Morgan fingerprint density at radius 1 is 0.969 bits per heavy atom. The van der Waals surface area contributed by atoms with Gasteiger partial charge in [0.2, 0.25) is 0 Å². The normalized spacial score (nSPS) is 10.9. The van der Waals surface area contributed by atoms with Gasteiger partial charge in [0.25, 0.3) is 5.56 Å². The second kappa shape index (κ2) is 8.55. The minimum absolute atomic E-state index is 0.127. The van der Waals surface area contributed by atoms with E-state index in [0.717, 1.165) is 40.5 Å². The molecule has 0 amide bonds. The summed E-state index contributed by atoms with van der Waals surface area (Å²) < 4.78 is 57.5. The molecule has 2 heterocycles. The maximum atomic E-state index is 14.6. The average Bonchev–Trinajstić information content (AvgIpc) is 3.12. The highest BCUT2D eigenvalue weighted by atomic mass is 32.1. The fraction of sp³-hybridized carbons (Fsp3) is 0.0833. The zero-order valence-electron chi connectivity index (χ0n) is 17.0. The number of halogens is 4. The van der Waals surface area contributed by atoms with Crippen LogP contribution in [0, 0.1) is 23.3 Å². The number of rotatable bonds is 4. The van der Waals surface area contributed by atoms with E-state index >= 15 is 0 Å². The summed E-state index contributed by atoms with van der Waals surface area (Å²) in [5.41, 5.74) is 0.562. The Morgan fingerprint density at radius 2 is 1.69 bits per heavy atom. The molecule has 0 aliphatic heterocycles. The fourth-order valence-corrected chi connectivity index (χ4v) is 4.39. The number of thiazole rings is 1. The van der Waals surface area contributed by atoms with Crippen molar-refractivity contribution in [3.8, 4) is 27.4 Å². The summed E-state index contributed by atoms with van der Waals surface area (Å²) in [6.07, 6.45) is 3.06. The van der Waals surface area contributed by atoms with Crippen LogP contribution in [0.3, 0.4) is 0 Å². The summed E-state index contributed by atoms with van der Waals surface area (Å²) in [4.78, 5) is 17.4. The first-order valence-corrected chi connectivity index (χ1v) is 10.3. The lowest BCUT2D eigenvalue weighted by molar-refractivity contribution is 0.567. The van der Waals surface area contributed by atoms with E-state index in [9.17, 15) is 22.4 Å². The van der Waals surface area contributed by atoms with Crippen molar-refractivity contribution < 1.29 is 17.6 Å². The van der Waals surface area contributed by atoms with Gasteiger partial charge in [-0.15, -0.1) is 11.3 Å². The molecule has 4 rings (SSSR count). The first-order chi connectivity index (χ1) is 15.2. The Bertz CT molecular complexity index is 1400. The van der Waals surface area contributed by atoms with Gasteiger partial charge < -0.3 is 0 Å². The Labute approximate surface area is 184 Å². The molecule has 0 saturated carbocycles. The van der Waals surface area contributed by atoms with Gasteiger partial charge in [-0.2, -0.15) is 0 Å². The SMILES string of the molecule is CC(C)=Cc1nc(-c2ccc(=O)n(-c3c(F)cccc3F)c2)c(-c2ccc(F)cc2F)s1. The van der Waals surface area contributed by atoms with Crippen LogP contribution in [-0.4, -0.2) is 9.55 Å². The number of aromatic nitrogens is 2. The second-order valence-corrected chi connectivity index (χ2v) is 8.30. The summed E-state index contributed by atoms with van der Waals surface area (Å²) in [5.74, 6) is -3.30. The standard InChI is InChI=1S/C24H16F4N2OS/c1-13(2)10-20-29-22(24(32-20)16-8-7-15(25)11-19(16)28)14-6-9-21(31)30(12-14)23-17(26)4-3-5-18(23)27/h3-12H,1-2H3. The molecule has 0 atom stereocenters. The number of allylic oxidation sites excluding steroid dienone is 1. The first-order valence-electron chi connectivity index (χ1n) is 9.53. The van der Waals surface area contributed by atoms with Gasteiger partial charge in [-0.05, 0) is 50.3 Å². The molecule has 0 aliphatic rings. The zero-order chi connectivity index (χ0) is 23.0. The molecular weight excluding hydrogens is 440 g/mol. The van der Waals surface area contributed by atoms with Crippen LogP contribution < -0.4 is 5.56 Å². The third kappa shape index (κ3) is 4.13. The van der Waals surface area contributed by atoms with Crippen molar-refractivity contribution in [2.45, 2.75) is 13.8 Å². The van der Waals surface area contributed by atoms with E-state index in [1.165, 1.54) is 35.7 Å². The third-order valence-corrected chi connectivity index (χ3v) is 5.63. The van der Waals surface area contributed by atoms with Crippen LogP contribution in [0.4, 0.5) is 17.6 Å². The van der Waals surface area contributed by atoms with Crippen LogP contribution >= 0.6 is 11.3 Å². The van der Waals surface area contributed by atoms with Crippen molar-refractivity contribution in [1.82, 2.24) is 9.55 Å². The first kappa shape index (κ1) is 21.7. The van der Waals surface area contributed by atoms with Gasteiger partial charge in [0, 0.05) is 29.5 Å². The molecule has 0 unspecified atom stereocenters. The van der Waals surface area contributed by atoms with Crippen molar-refractivity contribution in [3.63, 3.8) is 0 Å². The highest BCUT2D eigenvalue weighted by molar-refractivity contribution is 7.16. The average molecular weight is 456 g/mol. The molecule has 162 valence electrons. The summed E-state index contributed by atoms with van der Waals surface area (Å²) in [5, 5.41) is 0.563. The van der Waals surface area contributed by atoms with Crippen molar-refractivity contribution in [2.75, 3.05) is 0 Å². The molecule has 4 aromatic rings. The molecule has 0 radical (unpaired) electrons. The van der Waals surface area contributed by atoms with E-state index in [1.54, 1.807) is 6.08 Å². The second-order valence-electron chi connectivity index (χ2n) is 7.27. The van der Waals surface area contributed by atoms with Gasteiger partial charge in [0.1, 0.15) is 34.0 Å². The van der Waals surface area contributed by atoms with Gasteiger partial charge >= 0.3 is 0 Å². The number of para-hydroxylation sites is 1. The van der Waals surface area contributed by atoms with Crippen molar-refractivity contribution >= 4 is 17.4 Å². The topological polar surface area (TPSA) is 34.9 Å². The lowest BCUT2D eigenvalue weighted by atomic mass is 10.1. The van der Waals surface area contributed by atoms with Crippen LogP contribution in [0.15, 0.2) is 65.1 Å². The quantitative estimate of drug-likeness (QED) is 0.324. The zero-order valence-corrected chi connectivity index (χ0v) is 17.8. The molecule has 3 nitrogen and oxygen atoms in total. The van der Waals surface area contributed by atoms with Crippen LogP contribution in [0.25, 0.3) is 33.5 Å². The van der Waals surface area contributed by atoms with Gasteiger partial charge in [-0.1, -0.05) is 11.6 Å². The maximum absolute atomic E-state index is 14.6. The predicted octanol–water partition coefficient (Wildman–Crippen LogP) is 6.61. The molecule has 0 spiro atoms. The van der Waals surface area contributed by atoms with E-state index in [4.69, 9.17) is 0 Å². The molecule has 0 aliphatic carbocycles. The van der Waals surface area contributed by atoms with Crippen molar-refractivity contribution in [3.05, 3.63) is 98.9 Å². The molecular formula is C24H16F4N2OS. The Morgan fingerprint density at radius 3 is 2.34 bits per heavy atom. The number of hydrogen-bond acceptors (Lipinski definition) is 3. The Balaban J connectivity index is 1.97. The van der Waals surface area contributed by atoms with E-state index in [0.29, 0.717) is 21.1 Å². The summed E-state index contributed by atoms with van der Waals surface area (Å²) in [7, 11) is 0. The number of benzene rings is 2. The Kier molecular flexibility index (Phi) is 5.80. The predicted molar refractivity (Wildman–Crippen MR) is 118 cm³/mol. The van der Waals surface area contributed by atoms with Crippen molar-refractivity contribution in [2.24, 2.45) is 0 Å². The highest BCUT2D eigenvalue weighted by Crippen LogP contribution is 2.39. The number of nitrogens with zero attached hydrogens (tertiary/aromatic N) is 2. The lowest BCUT2D eigenvalue weighted by Crippen LogP contribution is -2.19. The summed E-state index contributed by atoms with van der Waals surface area (Å²) in [6, 6.07) is 9.12. The minimum Gasteiger partial charge on any atom is -0.278 e. The molecule has 2 aromatic carbocycles.